The van der Waals surface area contributed by atoms with E-state index < -0.39 is 45.3 Å². The van der Waals surface area contributed by atoms with E-state index in [2.05, 4.69) is 4.72 Å². The molecule has 0 radical (unpaired) electrons. The molecule has 10 heteroatoms. The van der Waals surface area contributed by atoms with E-state index in [4.69, 9.17) is 9.84 Å². The Labute approximate surface area is 184 Å². The third-order valence-electron chi connectivity index (χ3n) is 5.35. The monoisotopic (exact) mass is 471 g/mol. The number of aliphatic carboxylic acids is 1. The predicted molar refractivity (Wildman–Crippen MR) is 111 cm³/mol. The molecule has 1 atom stereocenters. The van der Waals surface area contributed by atoms with Crippen LogP contribution in [0.2, 0.25) is 0 Å². The molecule has 0 fully saturated rings. The molecular formula is C22H24F3NO5S. The van der Waals surface area contributed by atoms with Crippen LogP contribution in [0.3, 0.4) is 0 Å². The van der Waals surface area contributed by atoms with E-state index in [0.717, 1.165) is 6.07 Å². The maximum Gasteiger partial charge on any atom is 0.416 e. The van der Waals surface area contributed by atoms with Gasteiger partial charge in [0.25, 0.3) is 0 Å². The molecule has 32 heavy (non-hydrogen) atoms. The molecular weight excluding hydrogens is 447 g/mol. The van der Waals surface area contributed by atoms with Crippen LogP contribution in [0.15, 0.2) is 41.3 Å². The first-order valence-electron chi connectivity index (χ1n) is 10.1. The zero-order chi connectivity index (χ0) is 23.7. The summed E-state index contributed by atoms with van der Waals surface area (Å²) >= 11 is 0. The molecule has 1 aliphatic carbocycles. The molecule has 0 saturated carbocycles. The molecule has 174 valence electrons. The quantitative estimate of drug-likeness (QED) is 0.613. The first-order chi connectivity index (χ1) is 14.9. The van der Waals surface area contributed by atoms with E-state index in [9.17, 15) is 26.4 Å². The minimum absolute atomic E-state index is 0.272. The molecule has 0 unspecified atom stereocenters. The number of carboxylic acid groups (broad SMARTS) is 1. The summed E-state index contributed by atoms with van der Waals surface area (Å²) in [6.07, 6.45) is -3.05. The van der Waals surface area contributed by atoms with Gasteiger partial charge in [-0.2, -0.15) is 13.2 Å². The number of hydrogen-bond acceptors (Lipinski definition) is 4. The molecule has 0 amide bonds. The fourth-order valence-corrected chi connectivity index (χ4v) is 5.07. The van der Waals surface area contributed by atoms with Crippen molar-refractivity contribution in [1.29, 1.82) is 0 Å². The topological polar surface area (TPSA) is 92.7 Å². The van der Waals surface area contributed by atoms with Gasteiger partial charge in [-0.15, -0.1) is 0 Å². The highest BCUT2D eigenvalue weighted by atomic mass is 32.2. The Morgan fingerprint density at radius 3 is 2.59 bits per heavy atom. The summed E-state index contributed by atoms with van der Waals surface area (Å²) in [5.74, 6) is -1.08. The SMILES string of the molecule is CC(C)c1cc(C(F)(F)F)cc(S(=O)(=O)N[C@@H]2CCCc3c(OCC(=O)O)cccc32)c1. The maximum atomic E-state index is 13.4. The number of benzene rings is 2. The summed E-state index contributed by atoms with van der Waals surface area (Å²) in [7, 11) is -4.26. The summed E-state index contributed by atoms with van der Waals surface area (Å²) in [5, 5.41) is 8.85. The highest BCUT2D eigenvalue weighted by Crippen LogP contribution is 2.37. The Morgan fingerprint density at radius 2 is 1.97 bits per heavy atom. The number of ether oxygens (including phenoxy) is 1. The van der Waals surface area contributed by atoms with Gasteiger partial charge in [0, 0.05) is 6.04 Å². The normalized spacial score (nSPS) is 16.6. The maximum absolute atomic E-state index is 13.4. The molecule has 0 bridgehead atoms. The number of fused-ring (bicyclic) bond motifs is 1. The van der Waals surface area contributed by atoms with Crippen molar-refractivity contribution in [2.24, 2.45) is 0 Å². The fraction of sp³-hybridized carbons (Fsp3) is 0.409. The Kier molecular flexibility index (Phi) is 6.85. The average Bonchev–Trinajstić information content (AvgIpc) is 2.71. The van der Waals surface area contributed by atoms with Gasteiger partial charge in [0.1, 0.15) is 5.75 Å². The van der Waals surface area contributed by atoms with Crippen LogP contribution in [0.1, 0.15) is 60.9 Å². The molecule has 0 heterocycles. The van der Waals surface area contributed by atoms with Crippen molar-refractivity contribution in [3.63, 3.8) is 0 Å². The van der Waals surface area contributed by atoms with Gasteiger partial charge in [-0.3, -0.25) is 0 Å². The number of sulfonamides is 1. The average molecular weight is 471 g/mol. The third-order valence-corrected chi connectivity index (χ3v) is 6.80. The lowest BCUT2D eigenvalue weighted by molar-refractivity contribution is -0.139. The van der Waals surface area contributed by atoms with E-state index in [0.29, 0.717) is 42.2 Å². The summed E-state index contributed by atoms with van der Waals surface area (Å²) in [6.45, 7) is 2.85. The van der Waals surface area contributed by atoms with Crippen molar-refractivity contribution in [2.45, 2.75) is 56.1 Å². The molecule has 2 N–H and O–H groups in total. The number of alkyl halides is 3. The second-order valence-corrected chi connectivity index (χ2v) is 9.73. The third kappa shape index (κ3) is 5.42. The first kappa shape index (κ1) is 24.1. The number of rotatable bonds is 7. The van der Waals surface area contributed by atoms with Gasteiger partial charge in [0.2, 0.25) is 10.0 Å². The first-order valence-corrected chi connectivity index (χ1v) is 11.6. The van der Waals surface area contributed by atoms with Crippen molar-refractivity contribution in [3.05, 3.63) is 58.7 Å². The lowest BCUT2D eigenvalue weighted by Gasteiger charge is -2.28. The Morgan fingerprint density at radius 1 is 1.25 bits per heavy atom. The lowest BCUT2D eigenvalue weighted by Crippen LogP contribution is -2.31. The van der Waals surface area contributed by atoms with E-state index in [1.165, 1.54) is 6.07 Å². The van der Waals surface area contributed by atoms with Gasteiger partial charge in [0.15, 0.2) is 6.61 Å². The second-order valence-electron chi connectivity index (χ2n) is 8.02. The Hall–Kier alpha value is -2.59. The van der Waals surface area contributed by atoms with E-state index in [1.54, 1.807) is 32.0 Å². The Balaban J connectivity index is 1.96. The smallest absolute Gasteiger partial charge is 0.416 e. The van der Waals surface area contributed by atoms with Crippen molar-refractivity contribution < 1.29 is 36.2 Å². The van der Waals surface area contributed by atoms with E-state index in [1.807, 2.05) is 0 Å². The highest BCUT2D eigenvalue weighted by molar-refractivity contribution is 7.89. The number of hydrogen-bond donors (Lipinski definition) is 2. The second kappa shape index (κ2) is 9.11. The van der Waals surface area contributed by atoms with Gasteiger partial charge in [-0.05, 0) is 66.1 Å². The number of nitrogens with one attached hydrogen (secondary N) is 1. The molecule has 0 aliphatic heterocycles. The van der Waals surface area contributed by atoms with Crippen molar-refractivity contribution >= 4 is 16.0 Å². The van der Waals surface area contributed by atoms with Crippen LogP contribution in [0.25, 0.3) is 0 Å². The Bertz CT molecular complexity index is 1110. The van der Waals surface area contributed by atoms with Gasteiger partial charge < -0.3 is 9.84 Å². The van der Waals surface area contributed by atoms with Crippen LogP contribution in [-0.2, 0) is 27.4 Å². The standard InChI is InChI=1S/C22H24F3NO5S/c1-13(2)14-9-15(22(23,24)25)11-16(10-14)32(29,30)26-19-7-3-6-18-17(19)5-4-8-20(18)31-12-21(27)28/h4-5,8-11,13,19,26H,3,6-7,12H2,1-2H3,(H,27,28)/t19-/m1/s1. The molecule has 0 spiro atoms. The van der Waals surface area contributed by atoms with Gasteiger partial charge in [-0.1, -0.05) is 26.0 Å². The molecule has 2 aromatic carbocycles. The predicted octanol–water partition coefficient (Wildman–Crippen LogP) is 4.65. The van der Waals surface area contributed by atoms with E-state index in [-0.39, 0.29) is 11.5 Å². The van der Waals surface area contributed by atoms with Gasteiger partial charge in [0.05, 0.1) is 10.5 Å². The van der Waals surface area contributed by atoms with Crippen LogP contribution < -0.4 is 9.46 Å². The van der Waals surface area contributed by atoms with Crippen molar-refractivity contribution in [1.82, 2.24) is 4.72 Å². The zero-order valence-electron chi connectivity index (χ0n) is 17.6. The fourth-order valence-electron chi connectivity index (χ4n) is 3.74. The van der Waals surface area contributed by atoms with Gasteiger partial charge in [-0.25, -0.2) is 17.9 Å². The molecule has 3 rings (SSSR count). The molecule has 2 aromatic rings. The van der Waals surface area contributed by atoms with Crippen LogP contribution in [0.5, 0.6) is 5.75 Å². The number of halogens is 3. The number of carbonyl (C=O) groups is 1. The van der Waals surface area contributed by atoms with Crippen LogP contribution in [-0.4, -0.2) is 26.1 Å². The van der Waals surface area contributed by atoms with E-state index >= 15 is 0 Å². The minimum atomic E-state index is -4.68. The molecule has 1 aliphatic rings. The van der Waals surface area contributed by atoms with Crippen molar-refractivity contribution in [3.8, 4) is 5.75 Å². The van der Waals surface area contributed by atoms with Gasteiger partial charge >= 0.3 is 12.1 Å². The van der Waals surface area contributed by atoms with Crippen molar-refractivity contribution in [2.75, 3.05) is 6.61 Å². The summed E-state index contributed by atoms with van der Waals surface area (Å²) in [6, 6.07) is 7.15. The zero-order valence-corrected chi connectivity index (χ0v) is 18.4. The highest BCUT2D eigenvalue weighted by Gasteiger charge is 2.34. The van der Waals surface area contributed by atoms with Crippen LogP contribution >= 0.6 is 0 Å². The molecule has 0 saturated heterocycles. The van der Waals surface area contributed by atoms with Crippen LogP contribution in [0.4, 0.5) is 13.2 Å². The number of carboxylic acids is 1. The largest absolute Gasteiger partial charge is 0.482 e. The summed E-state index contributed by atoms with van der Waals surface area (Å²) in [4.78, 5) is 10.4. The summed E-state index contributed by atoms with van der Waals surface area (Å²) < 4.78 is 74.1. The molecule has 6 nitrogen and oxygen atoms in total. The van der Waals surface area contributed by atoms with Crippen LogP contribution in [0, 0.1) is 0 Å². The minimum Gasteiger partial charge on any atom is -0.482 e. The summed E-state index contributed by atoms with van der Waals surface area (Å²) in [5.41, 5.74) is 0.574. The molecule has 0 aromatic heterocycles. The lowest BCUT2D eigenvalue weighted by atomic mass is 9.87.